The third-order valence-electron chi connectivity index (χ3n) is 9.73. The number of amides is 2. The Balaban J connectivity index is 1.27. The molecule has 4 atom stereocenters. The summed E-state index contributed by atoms with van der Waals surface area (Å²) >= 11 is 0. The Hall–Kier alpha value is -5.04. The molecule has 1 saturated heterocycles. The van der Waals surface area contributed by atoms with Crippen LogP contribution in [0.4, 0.5) is 5.69 Å². The average Bonchev–Trinajstić information content (AvgIpc) is 3.31. The Labute approximate surface area is 261 Å². The predicted molar refractivity (Wildman–Crippen MR) is 169 cm³/mol. The minimum Gasteiger partial charge on any atom is -0.507 e. The van der Waals surface area contributed by atoms with Gasteiger partial charge in [0.2, 0.25) is 11.8 Å². The van der Waals surface area contributed by atoms with Crippen molar-refractivity contribution in [3.63, 3.8) is 0 Å². The van der Waals surface area contributed by atoms with Crippen molar-refractivity contribution in [2.24, 2.45) is 17.8 Å². The van der Waals surface area contributed by atoms with Crippen LogP contribution in [0.3, 0.4) is 0 Å². The lowest BCUT2D eigenvalue weighted by molar-refractivity contribution is -0.123. The first kappa shape index (κ1) is 28.7. The Bertz CT molecular complexity index is 1850. The first-order valence-corrected chi connectivity index (χ1v) is 15.4. The van der Waals surface area contributed by atoms with Gasteiger partial charge in [-0.15, -0.1) is 0 Å². The first-order valence-electron chi connectivity index (χ1n) is 15.4. The number of nitrogens with zero attached hydrogens (tertiary/aromatic N) is 1. The molecule has 0 bridgehead atoms. The molecule has 0 unspecified atom stereocenters. The van der Waals surface area contributed by atoms with Crippen LogP contribution in [0.1, 0.15) is 49.3 Å². The Morgan fingerprint density at radius 3 is 2.36 bits per heavy atom. The van der Waals surface area contributed by atoms with Crippen molar-refractivity contribution >= 4 is 29.1 Å². The lowest BCUT2D eigenvalue weighted by atomic mass is 9.59. The van der Waals surface area contributed by atoms with Gasteiger partial charge >= 0.3 is 0 Å². The zero-order valence-corrected chi connectivity index (χ0v) is 25.2. The molecule has 3 aromatic rings. The number of phenols is 1. The summed E-state index contributed by atoms with van der Waals surface area (Å²) in [5.74, 6) is -3.09. The van der Waals surface area contributed by atoms with Crippen molar-refractivity contribution in [3.8, 4) is 11.5 Å². The number of aryl methyl sites for hydroxylation is 1. The normalized spacial score (nSPS) is 24.2. The quantitative estimate of drug-likeness (QED) is 0.207. The van der Waals surface area contributed by atoms with Gasteiger partial charge in [-0.05, 0) is 67.5 Å². The number of imide groups is 1. The molecule has 0 radical (unpaired) electrons. The highest BCUT2D eigenvalue weighted by Crippen LogP contribution is 2.56. The topological polar surface area (TPSA) is 101 Å². The van der Waals surface area contributed by atoms with Crippen LogP contribution < -0.4 is 9.64 Å². The number of benzene rings is 3. The van der Waals surface area contributed by atoms with Gasteiger partial charge in [-0.2, -0.15) is 0 Å². The molecule has 0 spiro atoms. The molecule has 3 aliphatic carbocycles. The van der Waals surface area contributed by atoms with Gasteiger partial charge in [0, 0.05) is 34.3 Å². The van der Waals surface area contributed by atoms with E-state index in [0.29, 0.717) is 46.7 Å². The predicted octanol–water partition coefficient (Wildman–Crippen LogP) is 6.17. The fourth-order valence-electron chi connectivity index (χ4n) is 7.45. The molecule has 0 aromatic heterocycles. The number of aromatic hydroxyl groups is 1. The van der Waals surface area contributed by atoms with Gasteiger partial charge in [0.25, 0.3) is 0 Å². The number of hydrogen-bond acceptors (Lipinski definition) is 6. The summed E-state index contributed by atoms with van der Waals surface area (Å²) in [7, 11) is 0. The summed E-state index contributed by atoms with van der Waals surface area (Å²) in [6.45, 7) is 3.99. The molecule has 7 rings (SSSR count). The Morgan fingerprint density at radius 2 is 1.64 bits per heavy atom. The molecular formula is C38H33NO6. The largest absolute Gasteiger partial charge is 0.507 e. The second-order valence-electron chi connectivity index (χ2n) is 12.3. The van der Waals surface area contributed by atoms with E-state index in [1.807, 2.05) is 55.5 Å². The number of ether oxygens (including phenoxy) is 1. The number of rotatable bonds is 6. The maximum absolute atomic E-state index is 14.1. The van der Waals surface area contributed by atoms with E-state index in [1.165, 1.54) is 17.0 Å². The second-order valence-corrected chi connectivity index (χ2v) is 12.3. The fraction of sp³-hybridized carbons (Fsp3) is 0.263. The molecule has 7 heteroatoms. The van der Waals surface area contributed by atoms with Crippen molar-refractivity contribution in [2.45, 2.75) is 45.6 Å². The van der Waals surface area contributed by atoms with E-state index < -0.39 is 23.7 Å². The van der Waals surface area contributed by atoms with Crippen LogP contribution in [0.25, 0.3) is 0 Å². The molecule has 1 N–H and O–H groups in total. The zero-order valence-electron chi connectivity index (χ0n) is 25.2. The van der Waals surface area contributed by atoms with E-state index in [4.69, 9.17) is 4.74 Å². The highest BCUT2D eigenvalue weighted by Gasteiger charge is 2.56. The maximum atomic E-state index is 14.1. The van der Waals surface area contributed by atoms with Crippen molar-refractivity contribution < 1.29 is 29.0 Å². The number of phenolic OH excluding ortho intramolecular Hbond substituents is 1. The number of carbonyl (C=O) groups excluding carboxylic acids is 4. The number of anilines is 1. The monoisotopic (exact) mass is 599 g/mol. The van der Waals surface area contributed by atoms with E-state index in [0.717, 1.165) is 23.1 Å². The lowest BCUT2D eigenvalue weighted by Gasteiger charge is -2.42. The van der Waals surface area contributed by atoms with Crippen LogP contribution in [-0.2, 0) is 32.2 Å². The minimum absolute atomic E-state index is 0.0694. The van der Waals surface area contributed by atoms with Crippen molar-refractivity contribution in [3.05, 3.63) is 124 Å². The fourth-order valence-corrected chi connectivity index (χ4v) is 7.45. The number of allylic oxidation sites excluding steroid dienone is 6. The minimum atomic E-state index is -0.733. The number of ketones is 2. The third-order valence-corrected chi connectivity index (χ3v) is 9.73. The number of hydrogen-bond donors (Lipinski definition) is 1. The third kappa shape index (κ3) is 4.74. The molecule has 45 heavy (non-hydrogen) atoms. The molecule has 4 aliphatic rings. The highest BCUT2D eigenvalue weighted by molar-refractivity contribution is 6.25. The van der Waals surface area contributed by atoms with Crippen LogP contribution in [0.5, 0.6) is 11.5 Å². The molecule has 1 fully saturated rings. The summed E-state index contributed by atoms with van der Waals surface area (Å²) in [5.41, 5.74) is 4.92. The average molecular weight is 600 g/mol. The van der Waals surface area contributed by atoms with Gasteiger partial charge < -0.3 is 9.84 Å². The number of Topliss-reactive ketones (excluding diaryl/α,β-unsaturated/α-hetero) is 1. The molecular weight excluding hydrogens is 566 g/mol. The lowest BCUT2D eigenvalue weighted by Crippen LogP contribution is -2.39. The van der Waals surface area contributed by atoms with Gasteiger partial charge in [0.05, 0.1) is 17.5 Å². The van der Waals surface area contributed by atoms with Gasteiger partial charge in [0.1, 0.15) is 18.1 Å². The summed E-state index contributed by atoms with van der Waals surface area (Å²) in [6, 6.07) is 22.1. The van der Waals surface area contributed by atoms with Gasteiger partial charge in [-0.3, -0.25) is 24.1 Å². The van der Waals surface area contributed by atoms with Crippen molar-refractivity contribution in [1.82, 2.24) is 0 Å². The van der Waals surface area contributed by atoms with Crippen molar-refractivity contribution in [1.29, 1.82) is 0 Å². The van der Waals surface area contributed by atoms with E-state index in [-0.39, 0.29) is 35.6 Å². The molecule has 7 nitrogen and oxygen atoms in total. The molecule has 226 valence electrons. The molecule has 1 heterocycles. The molecule has 1 aliphatic heterocycles. The standard InChI is InChI=1S/C38H33NO6/c1-3-22-9-11-24(12-10-22)39-37(43)28-16-15-26-29(34(28)38(39)44)19-30-31(40)17-21(2)36(42)35(30)33(26)27-14-13-25(18-32(27)41)45-20-23-7-5-4-6-8-23/h4-15,17-18,28-29,33-34,41H,3,16,19-20H2,1-2H3/t28-,29+,33+,34-/m0/s1. The number of fused-ring (bicyclic) bond motifs is 3. The summed E-state index contributed by atoms with van der Waals surface area (Å²) < 4.78 is 5.93. The van der Waals surface area contributed by atoms with Crippen molar-refractivity contribution in [2.75, 3.05) is 4.90 Å². The van der Waals surface area contributed by atoms with Gasteiger partial charge in [-0.25, -0.2) is 0 Å². The zero-order chi connectivity index (χ0) is 31.4. The Kier molecular flexibility index (Phi) is 7.11. The molecule has 2 amide bonds. The Morgan fingerprint density at radius 1 is 0.889 bits per heavy atom. The molecule has 3 aromatic carbocycles. The summed E-state index contributed by atoms with van der Waals surface area (Å²) in [5, 5.41) is 11.4. The maximum Gasteiger partial charge on any atom is 0.238 e. The van der Waals surface area contributed by atoms with Gasteiger partial charge in [0.15, 0.2) is 11.6 Å². The number of carbonyl (C=O) groups is 4. The molecule has 0 saturated carbocycles. The SMILES string of the molecule is CCc1ccc(N2C(=O)[C@H]3[C@H](CC=C4[C@H](c5ccc(OCc6ccccc6)cc5O)C5=C(C[C@H]43)C(=O)C=C(C)C5=O)C2=O)cc1. The second kappa shape index (κ2) is 11.1. The van der Waals surface area contributed by atoms with E-state index in [9.17, 15) is 24.3 Å². The highest BCUT2D eigenvalue weighted by atomic mass is 16.5. The van der Waals surface area contributed by atoms with E-state index in [2.05, 4.69) is 0 Å². The van der Waals surface area contributed by atoms with Gasteiger partial charge in [-0.1, -0.05) is 67.1 Å². The first-order chi connectivity index (χ1) is 21.8. The van der Waals surface area contributed by atoms with Crippen LogP contribution in [-0.4, -0.2) is 28.5 Å². The van der Waals surface area contributed by atoms with E-state index >= 15 is 0 Å². The summed E-state index contributed by atoms with van der Waals surface area (Å²) in [4.78, 5) is 56.2. The smallest absolute Gasteiger partial charge is 0.238 e. The van der Waals surface area contributed by atoms with Crippen LogP contribution >= 0.6 is 0 Å². The van der Waals surface area contributed by atoms with Crippen LogP contribution in [0, 0.1) is 17.8 Å². The van der Waals surface area contributed by atoms with Crippen LogP contribution in [0.15, 0.2) is 107 Å². The van der Waals surface area contributed by atoms with Crippen LogP contribution in [0.2, 0.25) is 0 Å². The summed E-state index contributed by atoms with van der Waals surface area (Å²) in [6.07, 6.45) is 4.68. The van der Waals surface area contributed by atoms with E-state index in [1.54, 1.807) is 31.2 Å².